The van der Waals surface area contributed by atoms with Gasteiger partial charge in [0, 0.05) is 26.2 Å². The van der Waals surface area contributed by atoms with Crippen LogP contribution in [0.5, 0.6) is 5.75 Å². The number of amides is 1. The molecule has 0 aromatic heterocycles. The van der Waals surface area contributed by atoms with E-state index in [-0.39, 0.29) is 11.8 Å². The number of ether oxygens (including phenoxy) is 1. The number of nitrogens with one attached hydrogen (secondary N) is 1. The highest BCUT2D eigenvalue weighted by Crippen LogP contribution is 2.24. The van der Waals surface area contributed by atoms with Crippen LogP contribution in [0.4, 0.5) is 4.39 Å². The number of carbonyl (C=O) groups excluding carboxylic acids is 1. The van der Waals surface area contributed by atoms with Crippen molar-refractivity contribution >= 4 is 29.1 Å². The normalized spacial score (nSPS) is 14.5. The second-order valence-corrected chi connectivity index (χ2v) is 7.72. The van der Waals surface area contributed by atoms with Gasteiger partial charge in [0.15, 0.2) is 0 Å². The molecule has 1 saturated heterocycles. The van der Waals surface area contributed by atoms with E-state index in [1.165, 1.54) is 0 Å². The second kappa shape index (κ2) is 10.1. The van der Waals surface area contributed by atoms with E-state index < -0.39 is 6.67 Å². The highest BCUT2D eigenvalue weighted by molar-refractivity contribution is 6.42. The molecule has 1 amide bonds. The molecule has 0 saturated carbocycles. The maximum absolute atomic E-state index is 12.1. The maximum atomic E-state index is 12.1. The minimum absolute atomic E-state index is 0.00779. The van der Waals surface area contributed by atoms with Crippen LogP contribution >= 0.6 is 23.2 Å². The van der Waals surface area contributed by atoms with Crippen molar-refractivity contribution in [3.05, 3.63) is 63.6 Å². The summed E-state index contributed by atoms with van der Waals surface area (Å²) in [7, 11) is 0. The van der Waals surface area contributed by atoms with Gasteiger partial charge in [-0.25, -0.2) is 0 Å². The number of rotatable bonds is 9. The first-order chi connectivity index (χ1) is 13.5. The van der Waals surface area contributed by atoms with Gasteiger partial charge in [0.2, 0.25) is 5.91 Å². The van der Waals surface area contributed by atoms with E-state index in [4.69, 9.17) is 27.9 Å². The minimum atomic E-state index is -0.399. The van der Waals surface area contributed by atoms with Crippen LogP contribution in [0.2, 0.25) is 10.0 Å². The molecule has 150 valence electrons. The molecular weight excluding hydrogens is 402 g/mol. The van der Waals surface area contributed by atoms with Crippen LogP contribution < -0.4 is 10.1 Å². The van der Waals surface area contributed by atoms with Crippen molar-refractivity contribution in [2.24, 2.45) is 5.92 Å². The quantitative estimate of drug-likeness (QED) is 0.603. The van der Waals surface area contributed by atoms with E-state index in [9.17, 15) is 9.18 Å². The predicted octanol–water partition coefficient (Wildman–Crippen LogP) is 4.48. The summed E-state index contributed by atoms with van der Waals surface area (Å²) in [6.45, 7) is 2.69. The highest BCUT2D eigenvalue weighted by Gasteiger charge is 2.32. The van der Waals surface area contributed by atoms with Gasteiger partial charge in [0.05, 0.1) is 22.6 Å². The van der Waals surface area contributed by atoms with Gasteiger partial charge in [-0.15, -0.1) is 0 Å². The van der Waals surface area contributed by atoms with Gasteiger partial charge in [-0.3, -0.25) is 14.1 Å². The van der Waals surface area contributed by atoms with Crippen LogP contribution in [0, 0.1) is 5.92 Å². The van der Waals surface area contributed by atoms with Gasteiger partial charge in [0.1, 0.15) is 12.4 Å². The van der Waals surface area contributed by atoms with Crippen molar-refractivity contribution < 1.29 is 13.9 Å². The van der Waals surface area contributed by atoms with Crippen molar-refractivity contribution in [2.75, 3.05) is 26.3 Å². The summed E-state index contributed by atoms with van der Waals surface area (Å²) < 4.78 is 17.8. The summed E-state index contributed by atoms with van der Waals surface area (Å²) in [5.41, 5.74) is 2.12. The number of likely N-dealkylation sites (tertiary alicyclic amines) is 1. The van der Waals surface area contributed by atoms with Gasteiger partial charge in [-0.2, -0.15) is 0 Å². The first kappa shape index (κ1) is 20.9. The molecule has 0 spiro atoms. The van der Waals surface area contributed by atoms with Crippen LogP contribution in [-0.2, 0) is 17.9 Å². The number of hydrogen-bond donors (Lipinski definition) is 1. The molecule has 1 N–H and O–H groups in total. The molecule has 0 unspecified atom stereocenters. The van der Waals surface area contributed by atoms with E-state index in [2.05, 4.69) is 10.2 Å². The lowest BCUT2D eigenvalue weighted by molar-refractivity contribution is -0.130. The molecule has 1 heterocycles. The average molecular weight is 425 g/mol. The van der Waals surface area contributed by atoms with Crippen LogP contribution in [0.3, 0.4) is 0 Å². The third kappa shape index (κ3) is 5.84. The molecule has 3 rings (SSSR count). The van der Waals surface area contributed by atoms with Gasteiger partial charge < -0.3 is 10.1 Å². The minimum Gasteiger partial charge on any atom is -0.489 e. The lowest BCUT2D eigenvalue weighted by atomic mass is 9.98. The summed E-state index contributed by atoms with van der Waals surface area (Å²) in [4.78, 5) is 14.1. The Kier molecular flexibility index (Phi) is 7.54. The van der Waals surface area contributed by atoms with Gasteiger partial charge in [-0.1, -0.05) is 41.4 Å². The van der Waals surface area contributed by atoms with E-state index >= 15 is 0 Å². The molecule has 0 bridgehead atoms. The highest BCUT2D eigenvalue weighted by atomic mass is 35.5. The Balaban J connectivity index is 1.40. The van der Waals surface area contributed by atoms with Crippen LogP contribution in [0.25, 0.3) is 0 Å². The third-order valence-electron chi connectivity index (χ3n) is 4.66. The summed E-state index contributed by atoms with van der Waals surface area (Å²) in [6.07, 6.45) is 0.377. The van der Waals surface area contributed by atoms with Crippen LogP contribution in [-0.4, -0.2) is 37.1 Å². The molecule has 0 radical (unpaired) electrons. The molecule has 2 aromatic rings. The first-order valence-corrected chi connectivity index (χ1v) is 10.0. The number of alkyl halides is 1. The SMILES string of the molecule is O=C(NCCCF)C1CN(Cc2ccc(OCc3ccc(Cl)c(Cl)c3)cc2)C1. The van der Waals surface area contributed by atoms with E-state index in [0.29, 0.717) is 29.6 Å². The molecule has 0 atom stereocenters. The maximum Gasteiger partial charge on any atom is 0.225 e. The molecule has 28 heavy (non-hydrogen) atoms. The third-order valence-corrected chi connectivity index (χ3v) is 5.40. The van der Waals surface area contributed by atoms with Gasteiger partial charge in [-0.05, 0) is 41.8 Å². The lowest BCUT2D eigenvalue weighted by Crippen LogP contribution is -2.53. The molecule has 1 aliphatic heterocycles. The summed E-state index contributed by atoms with van der Waals surface area (Å²) in [6, 6.07) is 13.4. The van der Waals surface area contributed by atoms with Crippen LogP contribution in [0.15, 0.2) is 42.5 Å². The van der Waals surface area contributed by atoms with Crippen molar-refractivity contribution in [2.45, 2.75) is 19.6 Å². The fourth-order valence-corrected chi connectivity index (χ4v) is 3.35. The second-order valence-electron chi connectivity index (χ2n) is 6.91. The van der Waals surface area contributed by atoms with E-state index in [1.54, 1.807) is 12.1 Å². The van der Waals surface area contributed by atoms with E-state index in [0.717, 1.165) is 36.5 Å². The fourth-order valence-electron chi connectivity index (χ4n) is 3.03. The Bertz CT molecular complexity index is 795. The fraction of sp³-hybridized carbons (Fsp3) is 0.381. The Morgan fingerprint density at radius 2 is 1.82 bits per heavy atom. The molecule has 1 fully saturated rings. The smallest absolute Gasteiger partial charge is 0.225 e. The van der Waals surface area contributed by atoms with Crippen molar-refractivity contribution in [1.29, 1.82) is 0 Å². The molecule has 7 heteroatoms. The molecule has 4 nitrogen and oxygen atoms in total. The standard InChI is InChI=1S/C21H23Cl2FN2O2/c22-19-7-4-16(10-20(19)23)14-28-18-5-2-15(3-6-18)11-26-12-17(13-26)21(27)25-9-1-8-24/h2-7,10,17H,1,8-9,11-14H2,(H,25,27). The van der Waals surface area contributed by atoms with Crippen molar-refractivity contribution in [3.8, 4) is 5.75 Å². The zero-order chi connectivity index (χ0) is 19.9. The summed E-state index contributed by atoms with van der Waals surface area (Å²) in [5.74, 6) is 0.813. The molecular formula is C21H23Cl2FN2O2. The van der Waals surface area contributed by atoms with Crippen molar-refractivity contribution in [1.82, 2.24) is 10.2 Å². The number of hydrogen-bond acceptors (Lipinski definition) is 3. The number of benzene rings is 2. The number of carbonyl (C=O) groups is 1. The number of nitrogens with zero attached hydrogens (tertiary/aromatic N) is 1. The first-order valence-electron chi connectivity index (χ1n) is 9.27. The van der Waals surface area contributed by atoms with Crippen LogP contribution in [0.1, 0.15) is 17.5 Å². The van der Waals surface area contributed by atoms with Gasteiger partial charge in [0.25, 0.3) is 0 Å². The van der Waals surface area contributed by atoms with Crippen molar-refractivity contribution in [3.63, 3.8) is 0 Å². The zero-order valence-electron chi connectivity index (χ0n) is 15.5. The summed E-state index contributed by atoms with van der Waals surface area (Å²) >= 11 is 11.9. The monoisotopic (exact) mass is 424 g/mol. The molecule has 0 aliphatic carbocycles. The topological polar surface area (TPSA) is 41.6 Å². The molecule has 2 aromatic carbocycles. The Labute approximate surface area is 174 Å². The van der Waals surface area contributed by atoms with Gasteiger partial charge >= 0.3 is 0 Å². The Morgan fingerprint density at radius 1 is 1.11 bits per heavy atom. The summed E-state index contributed by atoms with van der Waals surface area (Å²) in [5, 5.41) is 3.82. The lowest BCUT2D eigenvalue weighted by Gasteiger charge is -2.38. The molecule has 1 aliphatic rings. The average Bonchev–Trinajstić information content (AvgIpc) is 2.66. The zero-order valence-corrected chi connectivity index (χ0v) is 17.0. The predicted molar refractivity (Wildman–Crippen MR) is 110 cm³/mol. The number of halogens is 3. The largest absolute Gasteiger partial charge is 0.489 e. The van der Waals surface area contributed by atoms with E-state index in [1.807, 2.05) is 30.3 Å². The Morgan fingerprint density at radius 3 is 2.50 bits per heavy atom. The Hall–Kier alpha value is -1.82.